The predicted molar refractivity (Wildman–Crippen MR) is 86.0 cm³/mol. The standard InChI is InChI=1S/C16H25N3O2/c1-11(6-4-7-12(2)17)16(21)19-15-9-5-8-14(10-15)18-13(3)20/h5,8-12H,4,6-7,17H2,1-3H3,(H,18,20)(H,19,21). The second-order valence-corrected chi connectivity index (χ2v) is 5.56. The van der Waals surface area contributed by atoms with Gasteiger partial charge in [0.15, 0.2) is 0 Å². The molecule has 2 unspecified atom stereocenters. The minimum absolute atomic E-state index is 0.0142. The van der Waals surface area contributed by atoms with Crippen LogP contribution in [0.3, 0.4) is 0 Å². The van der Waals surface area contributed by atoms with Gasteiger partial charge in [0, 0.05) is 30.3 Å². The van der Waals surface area contributed by atoms with E-state index in [4.69, 9.17) is 5.73 Å². The number of carbonyl (C=O) groups excluding carboxylic acids is 2. The maximum absolute atomic E-state index is 12.1. The molecule has 0 aromatic heterocycles. The van der Waals surface area contributed by atoms with Gasteiger partial charge in [-0.1, -0.05) is 19.4 Å². The molecule has 0 bridgehead atoms. The highest BCUT2D eigenvalue weighted by Gasteiger charge is 2.13. The van der Waals surface area contributed by atoms with Crippen LogP contribution in [-0.2, 0) is 9.59 Å². The van der Waals surface area contributed by atoms with Gasteiger partial charge < -0.3 is 16.4 Å². The van der Waals surface area contributed by atoms with E-state index in [1.54, 1.807) is 24.3 Å². The van der Waals surface area contributed by atoms with Gasteiger partial charge in [0.25, 0.3) is 0 Å². The third kappa shape index (κ3) is 6.90. The first-order valence-corrected chi connectivity index (χ1v) is 7.32. The SMILES string of the molecule is CC(=O)Nc1cccc(NC(=O)C(C)CCCC(C)N)c1. The molecule has 0 aliphatic heterocycles. The molecule has 0 aliphatic rings. The van der Waals surface area contributed by atoms with Gasteiger partial charge in [-0.15, -0.1) is 0 Å². The number of rotatable bonds is 7. The molecule has 0 spiro atoms. The number of amides is 2. The summed E-state index contributed by atoms with van der Waals surface area (Å²) in [5.74, 6) is -0.212. The Morgan fingerprint density at radius 3 is 2.33 bits per heavy atom. The van der Waals surface area contributed by atoms with Gasteiger partial charge in [-0.3, -0.25) is 9.59 Å². The summed E-state index contributed by atoms with van der Waals surface area (Å²) in [6, 6.07) is 7.30. The molecule has 0 aliphatic carbocycles. The molecule has 2 amide bonds. The molecular weight excluding hydrogens is 266 g/mol. The number of nitrogens with one attached hydrogen (secondary N) is 2. The Morgan fingerprint density at radius 2 is 1.76 bits per heavy atom. The minimum Gasteiger partial charge on any atom is -0.328 e. The molecule has 1 aromatic rings. The van der Waals surface area contributed by atoms with Crippen molar-refractivity contribution >= 4 is 23.2 Å². The number of nitrogens with two attached hydrogens (primary N) is 1. The van der Waals surface area contributed by atoms with Crippen molar-refractivity contribution < 1.29 is 9.59 Å². The fraction of sp³-hybridized carbons (Fsp3) is 0.500. The molecule has 21 heavy (non-hydrogen) atoms. The third-order valence-corrected chi connectivity index (χ3v) is 3.19. The van der Waals surface area contributed by atoms with Gasteiger partial charge in [-0.2, -0.15) is 0 Å². The summed E-state index contributed by atoms with van der Waals surface area (Å²) in [4.78, 5) is 23.1. The minimum atomic E-state index is -0.136. The van der Waals surface area contributed by atoms with Crippen molar-refractivity contribution in [2.45, 2.75) is 46.1 Å². The van der Waals surface area contributed by atoms with Crippen molar-refractivity contribution in [2.24, 2.45) is 11.7 Å². The largest absolute Gasteiger partial charge is 0.328 e. The summed E-state index contributed by atoms with van der Waals surface area (Å²) >= 11 is 0. The number of hydrogen-bond donors (Lipinski definition) is 3. The molecule has 0 radical (unpaired) electrons. The first-order chi connectivity index (χ1) is 9.88. The quantitative estimate of drug-likeness (QED) is 0.722. The van der Waals surface area contributed by atoms with Crippen LogP contribution in [-0.4, -0.2) is 17.9 Å². The molecule has 0 heterocycles. The van der Waals surface area contributed by atoms with E-state index < -0.39 is 0 Å². The zero-order valence-corrected chi connectivity index (χ0v) is 13.0. The lowest BCUT2D eigenvalue weighted by Crippen LogP contribution is -2.21. The molecule has 0 saturated heterocycles. The highest BCUT2D eigenvalue weighted by Crippen LogP contribution is 2.17. The summed E-state index contributed by atoms with van der Waals surface area (Å²) in [7, 11) is 0. The molecule has 0 saturated carbocycles. The van der Waals surface area contributed by atoms with Gasteiger partial charge in [-0.25, -0.2) is 0 Å². The van der Waals surface area contributed by atoms with Crippen molar-refractivity contribution in [1.29, 1.82) is 0 Å². The zero-order chi connectivity index (χ0) is 15.8. The molecule has 116 valence electrons. The van der Waals surface area contributed by atoms with Gasteiger partial charge in [0.05, 0.1) is 0 Å². The van der Waals surface area contributed by atoms with Gasteiger partial charge in [0.1, 0.15) is 0 Å². The lowest BCUT2D eigenvalue weighted by Gasteiger charge is -2.13. The Morgan fingerprint density at radius 1 is 1.14 bits per heavy atom. The molecule has 5 nitrogen and oxygen atoms in total. The van der Waals surface area contributed by atoms with Crippen LogP contribution < -0.4 is 16.4 Å². The first kappa shape index (κ1) is 17.2. The number of benzene rings is 1. The normalized spacial score (nSPS) is 13.3. The maximum atomic E-state index is 12.1. The van der Waals surface area contributed by atoms with Crippen LogP contribution >= 0.6 is 0 Å². The molecule has 1 aromatic carbocycles. The lowest BCUT2D eigenvalue weighted by molar-refractivity contribution is -0.119. The average molecular weight is 291 g/mol. The third-order valence-electron chi connectivity index (χ3n) is 3.19. The molecule has 0 fully saturated rings. The molecule has 5 heteroatoms. The fourth-order valence-corrected chi connectivity index (χ4v) is 2.02. The highest BCUT2D eigenvalue weighted by molar-refractivity contribution is 5.94. The Hall–Kier alpha value is -1.88. The van der Waals surface area contributed by atoms with E-state index in [9.17, 15) is 9.59 Å². The van der Waals surface area contributed by atoms with E-state index in [1.165, 1.54) is 6.92 Å². The van der Waals surface area contributed by atoms with Crippen LogP contribution in [0.1, 0.15) is 40.0 Å². The number of carbonyl (C=O) groups is 2. The van der Waals surface area contributed by atoms with Crippen molar-refractivity contribution in [1.82, 2.24) is 0 Å². The van der Waals surface area contributed by atoms with Crippen LogP contribution in [0.5, 0.6) is 0 Å². The maximum Gasteiger partial charge on any atom is 0.227 e. The van der Waals surface area contributed by atoms with E-state index in [2.05, 4.69) is 10.6 Å². The average Bonchev–Trinajstić information content (AvgIpc) is 2.37. The van der Waals surface area contributed by atoms with E-state index in [0.29, 0.717) is 11.4 Å². The summed E-state index contributed by atoms with van der Waals surface area (Å²) < 4.78 is 0. The second kappa shape index (κ2) is 8.42. The van der Waals surface area contributed by atoms with Gasteiger partial charge in [0.2, 0.25) is 11.8 Å². The smallest absolute Gasteiger partial charge is 0.227 e. The van der Waals surface area contributed by atoms with Crippen LogP contribution in [0.25, 0.3) is 0 Å². The van der Waals surface area contributed by atoms with Gasteiger partial charge in [-0.05, 0) is 38.0 Å². The highest BCUT2D eigenvalue weighted by atomic mass is 16.2. The van der Waals surface area contributed by atoms with Crippen molar-refractivity contribution in [3.05, 3.63) is 24.3 Å². The van der Waals surface area contributed by atoms with Crippen molar-refractivity contribution in [2.75, 3.05) is 10.6 Å². The predicted octanol–water partition coefficient (Wildman–Crippen LogP) is 2.74. The van der Waals surface area contributed by atoms with Crippen LogP contribution in [0.2, 0.25) is 0 Å². The first-order valence-electron chi connectivity index (χ1n) is 7.32. The topological polar surface area (TPSA) is 84.2 Å². The zero-order valence-electron chi connectivity index (χ0n) is 13.0. The van der Waals surface area contributed by atoms with E-state index in [1.807, 2.05) is 13.8 Å². The summed E-state index contributed by atoms with van der Waals surface area (Å²) in [6.07, 6.45) is 2.69. The van der Waals surface area contributed by atoms with Crippen LogP contribution in [0, 0.1) is 5.92 Å². The summed E-state index contributed by atoms with van der Waals surface area (Å²) in [5.41, 5.74) is 7.06. The van der Waals surface area contributed by atoms with E-state index in [-0.39, 0.29) is 23.8 Å². The van der Waals surface area contributed by atoms with Crippen LogP contribution in [0.15, 0.2) is 24.3 Å². The number of anilines is 2. The van der Waals surface area contributed by atoms with Crippen molar-refractivity contribution in [3.63, 3.8) is 0 Å². The molecular formula is C16H25N3O2. The summed E-state index contributed by atoms with van der Waals surface area (Å²) in [6.45, 7) is 5.33. The van der Waals surface area contributed by atoms with E-state index >= 15 is 0 Å². The van der Waals surface area contributed by atoms with Gasteiger partial charge >= 0.3 is 0 Å². The Labute approximate surface area is 126 Å². The molecule has 4 N–H and O–H groups in total. The van der Waals surface area contributed by atoms with Crippen molar-refractivity contribution in [3.8, 4) is 0 Å². The second-order valence-electron chi connectivity index (χ2n) is 5.56. The van der Waals surface area contributed by atoms with E-state index in [0.717, 1.165) is 19.3 Å². The number of hydrogen-bond acceptors (Lipinski definition) is 3. The fourth-order valence-electron chi connectivity index (χ4n) is 2.02. The molecule has 1 rings (SSSR count). The monoisotopic (exact) mass is 291 g/mol. The summed E-state index contributed by atoms with van der Waals surface area (Å²) in [5, 5.41) is 5.56. The Bertz CT molecular complexity index is 486. The van der Waals surface area contributed by atoms with Crippen LogP contribution in [0.4, 0.5) is 11.4 Å². The Balaban J connectivity index is 2.51. The Kier molecular flexibility index (Phi) is 6.88. The lowest BCUT2D eigenvalue weighted by atomic mass is 10.0. The molecule has 2 atom stereocenters.